The first-order valence-corrected chi connectivity index (χ1v) is 6.49. The summed E-state index contributed by atoms with van der Waals surface area (Å²) in [6.07, 6.45) is 4.33. The van der Waals surface area contributed by atoms with Crippen molar-refractivity contribution in [1.82, 2.24) is 9.88 Å². The van der Waals surface area contributed by atoms with E-state index in [1.54, 1.807) is 43.6 Å². The summed E-state index contributed by atoms with van der Waals surface area (Å²) in [4.78, 5) is 18.1. The van der Waals surface area contributed by atoms with Gasteiger partial charge < -0.3 is 9.64 Å². The molecule has 4 nitrogen and oxygen atoms in total. The molecule has 0 fully saturated rings. The van der Waals surface area contributed by atoms with E-state index in [0.29, 0.717) is 17.9 Å². The second kappa shape index (κ2) is 6.70. The first kappa shape index (κ1) is 14.1. The first-order valence-electron chi connectivity index (χ1n) is 6.49. The van der Waals surface area contributed by atoms with E-state index in [1.165, 1.54) is 5.56 Å². The minimum atomic E-state index is -0.0310. The third-order valence-corrected chi connectivity index (χ3v) is 3.17. The van der Waals surface area contributed by atoms with Crippen molar-refractivity contribution in [2.45, 2.75) is 6.42 Å². The SMILES string of the molecule is COc1ccccc1C(=O)N(C)CCc1ccncc1. The highest BCUT2D eigenvalue weighted by molar-refractivity contribution is 5.96. The largest absolute Gasteiger partial charge is 0.496 e. The fraction of sp³-hybridized carbons (Fsp3) is 0.250. The standard InChI is InChI=1S/C16H18N2O2/c1-18(12-9-13-7-10-17-11-8-13)16(19)14-5-3-4-6-15(14)20-2/h3-8,10-11H,9,12H2,1-2H3. The van der Waals surface area contributed by atoms with Crippen LogP contribution >= 0.6 is 0 Å². The fourth-order valence-electron chi connectivity index (χ4n) is 1.97. The van der Waals surface area contributed by atoms with Crippen LogP contribution < -0.4 is 4.74 Å². The molecule has 0 radical (unpaired) electrons. The van der Waals surface area contributed by atoms with Gasteiger partial charge in [0, 0.05) is 26.0 Å². The van der Waals surface area contributed by atoms with Gasteiger partial charge in [-0.1, -0.05) is 12.1 Å². The smallest absolute Gasteiger partial charge is 0.257 e. The van der Waals surface area contributed by atoms with Crippen LogP contribution in [0.25, 0.3) is 0 Å². The number of carbonyl (C=O) groups is 1. The molecule has 0 saturated carbocycles. The normalized spacial score (nSPS) is 10.1. The predicted molar refractivity (Wildman–Crippen MR) is 77.9 cm³/mol. The first-order chi connectivity index (χ1) is 9.72. The number of nitrogens with zero attached hydrogens (tertiary/aromatic N) is 2. The van der Waals surface area contributed by atoms with Gasteiger partial charge in [0.15, 0.2) is 0 Å². The molecule has 0 N–H and O–H groups in total. The van der Waals surface area contributed by atoms with Crippen molar-refractivity contribution in [3.05, 3.63) is 59.9 Å². The minimum Gasteiger partial charge on any atom is -0.496 e. The van der Waals surface area contributed by atoms with Gasteiger partial charge in [0.05, 0.1) is 12.7 Å². The van der Waals surface area contributed by atoms with Crippen molar-refractivity contribution in [2.75, 3.05) is 20.7 Å². The van der Waals surface area contributed by atoms with E-state index in [-0.39, 0.29) is 5.91 Å². The van der Waals surface area contributed by atoms with E-state index in [1.807, 2.05) is 24.3 Å². The van der Waals surface area contributed by atoms with Gasteiger partial charge in [-0.15, -0.1) is 0 Å². The van der Waals surface area contributed by atoms with Crippen molar-refractivity contribution in [1.29, 1.82) is 0 Å². The molecule has 0 aliphatic rings. The maximum atomic E-state index is 12.4. The van der Waals surface area contributed by atoms with Crippen LogP contribution in [0.15, 0.2) is 48.8 Å². The molecular weight excluding hydrogens is 252 g/mol. The van der Waals surface area contributed by atoms with Crippen molar-refractivity contribution in [2.24, 2.45) is 0 Å². The summed E-state index contributed by atoms with van der Waals surface area (Å²) in [6, 6.07) is 11.2. The van der Waals surface area contributed by atoms with Crippen LogP contribution in [0, 0.1) is 0 Å². The van der Waals surface area contributed by atoms with E-state index in [4.69, 9.17) is 4.74 Å². The zero-order chi connectivity index (χ0) is 14.4. The molecule has 1 aromatic heterocycles. The van der Waals surface area contributed by atoms with Crippen molar-refractivity contribution in [3.8, 4) is 5.75 Å². The Hall–Kier alpha value is -2.36. The fourth-order valence-corrected chi connectivity index (χ4v) is 1.97. The Morgan fingerprint density at radius 1 is 1.20 bits per heavy atom. The Balaban J connectivity index is 2.02. The molecule has 1 heterocycles. The summed E-state index contributed by atoms with van der Waals surface area (Å²) in [5.74, 6) is 0.574. The Labute approximate surface area is 119 Å². The number of rotatable bonds is 5. The average molecular weight is 270 g/mol. The van der Waals surface area contributed by atoms with Crippen molar-refractivity contribution < 1.29 is 9.53 Å². The van der Waals surface area contributed by atoms with Gasteiger partial charge in [0.1, 0.15) is 5.75 Å². The number of hydrogen-bond acceptors (Lipinski definition) is 3. The van der Waals surface area contributed by atoms with Crippen LogP contribution in [-0.2, 0) is 6.42 Å². The molecule has 20 heavy (non-hydrogen) atoms. The maximum Gasteiger partial charge on any atom is 0.257 e. The molecule has 0 spiro atoms. The summed E-state index contributed by atoms with van der Waals surface area (Å²) in [5, 5.41) is 0. The lowest BCUT2D eigenvalue weighted by molar-refractivity contribution is 0.0793. The number of benzene rings is 1. The van der Waals surface area contributed by atoms with Crippen LogP contribution in [0.2, 0.25) is 0 Å². The Kier molecular flexibility index (Phi) is 4.71. The second-order valence-electron chi connectivity index (χ2n) is 4.53. The summed E-state index contributed by atoms with van der Waals surface area (Å²) < 4.78 is 5.22. The van der Waals surface area contributed by atoms with Gasteiger partial charge >= 0.3 is 0 Å². The maximum absolute atomic E-state index is 12.4. The third kappa shape index (κ3) is 3.35. The molecule has 4 heteroatoms. The lowest BCUT2D eigenvalue weighted by atomic mass is 10.1. The van der Waals surface area contributed by atoms with Crippen LogP contribution in [0.3, 0.4) is 0 Å². The van der Waals surface area contributed by atoms with Gasteiger partial charge in [-0.2, -0.15) is 0 Å². The zero-order valence-electron chi connectivity index (χ0n) is 11.7. The molecule has 1 amide bonds. The Bertz CT molecular complexity index is 570. The molecule has 104 valence electrons. The van der Waals surface area contributed by atoms with E-state index in [0.717, 1.165) is 6.42 Å². The van der Waals surface area contributed by atoms with Gasteiger partial charge in [-0.05, 0) is 36.2 Å². The molecule has 0 saturated heterocycles. The number of hydrogen-bond donors (Lipinski definition) is 0. The minimum absolute atomic E-state index is 0.0310. The third-order valence-electron chi connectivity index (χ3n) is 3.17. The monoisotopic (exact) mass is 270 g/mol. The van der Waals surface area contributed by atoms with Gasteiger partial charge in [0.2, 0.25) is 0 Å². The van der Waals surface area contributed by atoms with Gasteiger partial charge in [-0.25, -0.2) is 0 Å². The van der Waals surface area contributed by atoms with Gasteiger partial charge in [0.25, 0.3) is 5.91 Å². The van der Waals surface area contributed by atoms with E-state index >= 15 is 0 Å². The quantitative estimate of drug-likeness (QED) is 0.838. The molecule has 0 aliphatic heterocycles. The van der Waals surface area contributed by atoms with E-state index in [2.05, 4.69) is 4.98 Å². The lowest BCUT2D eigenvalue weighted by Crippen LogP contribution is -2.29. The molecule has 0 bridgehead atoms. The predicted octanol–water partition coefficient (Wildman–Crippen LogP) is 2.40. The average Bonchev–Trinajstić information content (AvgIpc) is 2.52. The van der Waals surface area contributed by atoms with Crippen molar-refractivity contribution in [3.63, 3.8) is 0 Å². The molecule has 2 rings (SSSR count). The molecule has 0 unspecified atom stereocenters. The Morgan fingerprint density at radius 3 is 2.60 bits per heavy atom. The number of aromatic nitrogens is 1. The highest BCUT2D eigenvalue weighted by Gasteiger charge is 2.15. The second-order valence-corrected chi connectivity index (χ2v) is 4.53. The number of carbonyl (C=O) groups excluding carboxylic acids is 1. The van der Waals surface area contributed by atoms with Crippen LogP contribution in [0.5, 0.6) is 5.75 Å². The number of ether oxygens (including phenoxy) is 1. The van der Waals surface area contributed by atoms with E-state index < -0.39 is 0 Å². The summed E-state index contributed by atoms with van der Waals surface area (Å²) in [5.41, 5.74) is 1.76. The van der Waals surface area contributed by atoms with Crippen molar-refractivity contribution >= 4 is 5.91 Å². The van der Waals surface area contributed by atoms with Crippen LogP contribution in [0.4, 0.5) is 0 Å². The molecule has 2 aromatic rings. The summed E-state index contributed by atoms with van der Waals surface area (Å²) in [6.45, 7) is 0.654. The number of methoxy groups -OCH3 is 1. The van der Waals surface area contributed by atoms with Gasteiger partial charge in [-0.3, -0.25) is 9.78 Å². The topological polar surface area (TPSA) is 42.4 Å². The zero-order valence-corrected chi connectivity index (χ0v) is 11.7. The molecule has 0 atom stereocenters. The highest BCUT2D eigenvalue weighted by Crippen LogP contribution is 2.18. The summed E-state index contributed by atoms with van der Waals surface area (Å²) >= 11 is 0. The number of amides is 1. The van der Waals surface area contributed by atoms with Crippen LogP contribution in [0.1, 0.15) is 15.9 Å². The highest BCUT2D eigenvalue weighted by atomic mass is 16.5. The molecule has 1 aromatic carbocycles. The number of pyridine rings is 1. The molecular formula is C16H18N2O2. The summed E-state index contributed by atoms with van der Waals surface area (Å²) in [7, 11) is 3.37. The number of likely N-dealkylation sites (N-methyl/N-ethyl adjacent to an activating group) is 1. The van der Waals surface area contributed by atoms with Crippen LogP contribution in [-0.4, -0.2) is 36.5 Å². The lowest BCUT2D eigenvalue weighted by Gasteiger charge is -2.18. The Morgan fingerprint density at radius 2 is 1.90 bits per heavy atom. The molecule has 0 aliphatic carbocycles. The number of para-hydroxylation sites is 1. The van der Waals surface area contributed by atoms with E-state index in [9.17, 15) is 4.79 Å².